The summed E-state index contributed by atoms with van der Waals surface area (Å²) in [6.07, 6.45) is 0.725. The zero-order valence-corrected chi connectivity index (χ0v) is 10.3. The van der Waals surface area contributed by atoms with Crippen molar-refractivity contribution >= 4 is 30.9 Å². The molecular formula is C7H15Cl2N2O2P. The van der Waals surface area contributed by atoms with E-state index < -0.39 is 7.67 Å². The van der Waals surface area contributed by atoms with Gasteiger partial charge in [0.15, 0.2) is 0 Å². The second kappa shape index (κ2) is 6.31. The van der Waals surface area contributed by atoms with E-state index in [1.807, 2.05) is 0 Å². The van der Waals surface area contributed by atoms with Gasteiger partial charge >= 0.3 is 7.67 Å². The first kappa shape index (κ1) is 11.2. The Morgan fingerprint density at radius 2 is 2.14 bits per heavy atom. The molecule has 0 aromatic carbocycles. The molecule has 0 aromatic heterocycles. The summed E-state index contributed by atoms with van der Waals surface area (Å²) in [5, 5.41) is 1.02. The number of nitrogens with zero attached hydrogens (tertiary/aromatic N) is 1. The fraction of sp³-hybridized carbons (Fsp3) is 1.00. The minimum Gasteiger partial charge on any atom is -0.306 e. The van der Waals surface area contributed by atoms with E-state index in [0.29, 0.717) is 38.0 Å². The molecule has 1 aliphatic heterocycles. The second-order valence-electron chi connectivity index (χ2n) is 2.87. The van der Waals surface area contributed by atoms with Crippen LogP contribution in [0.25, 0.3) is 0 Å². The smallest absolute Gasteiger partial charge is 0.306 e. The summed E-state index contributed by atoms with van der Waals surface area (Å²) in [5.74, 6) is 0.691. The zero-order chi connectivity index (χ0) is 11.3. The van der Waals surface area contributed by atoms with Crippen LogP contribution >= 0.6 is 30.9 Å². The third-order valence-corrected chi connectivity index (χ3v) is 4.41. The van der Waals surface area contributed by atoms with Gasteiger partial charge < -0.3 is 4.52 Å². The van der Waals surface area contributed by atoms with Gasteiger partial charge in [-0.3, -0.25) is 4.57 Å². The van der Waals surface area contributed by atoms with Gasteiger partial charge in [-0.05, 0) is 6.42 Å². The van der Waals surface area contributed by atoms with Crippen molar-refractivity contribution in [1.29, 1.82) is 0 Å². The first-order valence-corrected chi connectivity index (χ1v) is 7.14. The van der Waals surface area contributed by atoms with Gasteiger partial charge in [0.05, 0.1) is 6.61 Å². The van der Waals surface area contributed by atoms with Gasteiger partial charge in [0.25, 0.3) is 0 Å². The second-order valence-corrected chi connectivity index (χ2v) is 5.72. The van der Waals surface area contributed by atoms with Crippen molar-refractivity contribution in [3.63, 3.8) is 0 Å². The van der Waals surface area contributed by atoms with Crippen molar-refractivity contribution in [3.8, 4) is 0 Å². The molecule has 1 unspecified atom stereocenters. The van der Waals surface area contributed by atoms with E-state index >= 15 is 0 Å². The maximum Gasteiger partial charge on any atom is 0.343 e. The molecule has 1 saturated heterocycles. The summed E-state index contributed by atoms with van der Waals surface area (Å²) in [6, 6.07) is 0. The average molecular weight is 262 g/mol. The SMILES string of the molecule is [2H]N1CCCOP1(=O)N(CCCl)CCCl. The fourth-order valence-electron chi connectivity index (χ4n) is 1.22. The molecule has 0 bridgehead atoms. The zero-order valence-electron chi connectivity index (χ0n) is 8.86. The van der Waals surface area contributed by atoms with Gasteiger partial charge in [-0.25, -0.2) is 9.75 Å². The lowest BCUT2D eigenvalue weighted by molar-refractivity contribution is 0.233. The van der Waals surface area contributed by atoms with Crippen LogP contribution in [0.4, 0.5) is 0 Å². The van der Waals surface area contributed by atoms with Gasteiger partial charge in [0, 0.05) is 31.4 Å². The molecule has 1 rings (SSSR count). The summed E-state index contributed by atoms with van der Waals surface area (Å²) in [4.78, 5) is 0. The van der Waals surface area contributed by atoms with Gasteiger partial charge in [-0.1, -0.05) is 0 Å². The summed E-state index contributed by atoms with van der Waals surface area (Å²) >= 11 is 11.2. The van der Waals surface area contributed by atoms with Crippen LogP contribution in [0.5, 0.6) is 0 Å². The lowest BCUT2D eigenvalue weighted by Gasteiger charge is -2.33. The first-order valence-electron chi connectivity index (χ1n) is 4.98. The van der Waals surface area contributed by atoms with Gasteiger partial charge in [-0.15, -0.1) is 23.2 Å². The lowest BCUT2D eigenvalue weighted by atomic mass is 10.5. The Hall–Kier alpha value is 0.690. The highest BCUT2D eigenvalue weighted by Crippen LogP contribution is 2.47. The minimum absolute atomic E-state index is 0.345. The van der Waals surface area contributed by atoms with Crippen LogP contribution in [-0.2, 0) is 9.09 Å². The topological polar surface area (TPSA) is 41.6 Å². The number of hydrogen-bond acceptors (Lipinski definition) is 2. The molecule has 0 saturated carbocycles. The van der Waals surface area contributed by atoms with Gasteiger partial charge in [0.1, 0.15) is 1.41 Å². The number of hydrogen-bond donors (Lipinski definition) is 1. The van der Waals surface area contributed by atoms with Crippen LogP contribution in [0.15, 0.2) is 0 Å². The van der Waals surface area contributed by atoms with E-state index in [4.69, 9.17) is 29.1 Å². The summed E-state index contributed by atoms with van der Waals surface area (Å²) in [6.45, 7) is 1.72. The molecule has 84 valence electrons. The minimum atomic E-state index is -3.18. The van der Waals surface area contributed by atoms with Crippen LogP contribution < -0.4 is 5.08 Å². The van der Waals surface area contributed by atoms with E-state index in [9.17, 15) is 4.57 Å². The number of rotatable bonds is 5. The van der Waals surface area contributed by atoms with Crippen molar-refractivity contribution < 1.29 is 10.5 Å². The van der Waals surface area contributed by atoms with Crippen molar-refractivity contribution in [2.45, 2.75) is 6.42 Å². The largest absolute Gasteiger partial charge is 0.343 e. The standard InChI is InChI=1S/C7H15Cl2N2O2P/c8-2-5-11(6-3-9)14(12)10-4-1-7-13-14/h1-7H2,(H,10,12)/i/hD. The molecule has 0 aliphatic carbocycles. The van der Waals surface area contributed by atoms with E-state index in [-0.39, 0.29) is 0 Å². The maximum atomic E-state index is 12.4. The Bertz CT molecular complexity index is 241. The van der Waals surface area contributed by atoms with Crippen LogP contribution in [0.2, 0.25) is 1.41 Å². The summed E-state index contributed by atoms with van der Waals surface area (Å²) in [5.41, 5.74) is 0. The summed E-state index contributed by atoms with van der Waals surface area (Å²) in [7, 11) is -3.18. The number of alkyl halides is 2. The molecule has 14 heavy (non-hydrogen) atoms. The van der Waals surface area contributed by atoms with Crippen molar-refractivity contribution in [3.05, 3.63) is 0 Å². The Kier molecular flexibility index (Phi) is 5.04. The van der Waals surface area contributed by atoms with E-state index in [0.717, 1.165) is 11.5 Å². The van der Waals surface area contributed by atoms with Crippen LogP contribution in [0.1, 0.15) is 6.42 Å². The lowest BCUT2D eigenvalue weighted by Crippen LogP contribution is -2.35. The van der Waals surface area contributed by atoms with Gasteiger partial charge in [0.2, 0.25) is 0 Å². The fourth-order valence-corrected chi connectivity index (χ4v) is 3.75. The molecule has 0 aromatic rings. The predicted molar refractivity (Wildman–Crippen MR) is 59.2 cm³/mol. The highest BCUT2D eigenvalue weighted by atomic mass is 35.5. The highest BCUT2D eigenvalue weighted by molar-refractivity contribution is 7.54. The van der Waals surface area contributed by atoms with E-state index in [1.165, 1.54) is 0 Å². The molecule has 1 heterocycles. The average Bonchev–Trinajstić information content (AvgIpc) is 2.22. The quantitative estimate of drug-likeness (QED) is 0.606. The number of halogens is 2. The predicted octanol–water partition coefficient (Wildman–Crippen LogP) is 1.88. The van der Waals surface area contributed by atoms with E-state index in [2.05, 4.69) is 0 Å². The van der Waals surface area contributed by atoms with E-state index in [1.54, 1.807) is 4.67 Å². The first-order chi connectivity index (χ1) is 7.15. The molecule has 0 radical (unpaired) electrons. The molecule has 1 aliphatic rings. The van der Waals surface area contributed by atoms with Crippen molar-refractivity contribution in [2.75, 3.05) is 38.0 Å². The normalized spacial score (nSPS) is 30.6. The molecule has 1 atom stereocenters. The molecular weight excluding hydrogens is 246 g/mol. The Morgan fingerprint density at radius 1 is 1.50 bits per heavy atom. The molecule has 0 spiro atoms. The third-order valence-electron chi connectivity index (χ3n) is 1.88. The third kappa shape index (κ3) is 3.37. The molecule has 0 amide bonds. The van der Waals surface area contributed by atoms with Crippen LogP contribution in [0.3, 0.4) is 0 Å². The molecule has 7 heteroatoms. The molecule has 4 nitrogen and oxygen atoms in total. The molecule has 1 N–H and O–H groups in total. The van der Waals surface area contributed by atoms with Crippen LogP contribution in [0, 0.1) is 0 Å². The Balaban J connectivity index is 2.73. The van der Waals surface area contributed by atoms with Crippen LogP contribution in [-0.4, -0.2) is 42.7 Å². The van der Waals surface area contributed by atoms with Crippen molar-refractivity contribution in [1.82, 2.24) is 9.75 Å². The Labute approximate surface area is 95.9 Å². The Morgan fingerprint density at radius 3 is 2.64 bits per heavy atom. The molecule has 1 fully saturated rings. The highest BCUT2D eigenvalue weighted by Gasteiger charge is 2.32. The van der Waals surface area contributed by atoms with Crippen molar-refractivity contribution in [2.24, 2.45) is 0 Å². The monoisotopic (exact) mass is 261 g/mol. The summed E-state index contributed by atoms with van der Waals surface area (Å²) < 4.78 is 26.8. The number of nitrogens with one attached hydrogen (secondary N) is 1. The maximum absolute atomic E-state index is 12.4. The van der Waals surface area contributed by atoms with Gasteiger partial charge in [-0.2, -0.15) is 0 Å².